The fraction of sp³-hybridized carbons (Fsp3) is 0.182. The van der Waals surface area contributed by atoms with Gasteiger partial charge in [-0.25, -0.2) is 15.0 Å². The zero-order chi connectivity index (χ0) is 21.4. The van der Waals surface area contributed by atoms with Crippen LogP contribution in [0.3, 0.4) is 0 Å². The second-order valence-corrected chi connectivity index (χ2v) is 8.58. The number of para-hydroxylation sites is 2. The van der Waals surface area contributed by atoms with Crippen molar-refractivity contribution >= 4 is 39.6 Å². The first-order chi connectivity index (χ1) is 15.2. The maximum absolute atomic E-state index is 5.56. The fourth-order valence-corrected chi connectivity index (χ4v) is 5.20. The quantitative estimate of drug-likeness (QED) is 0.266. The van der Waals surface area contributed by atoms with Crippen LogP contribution in [0.15, 0.2) is 53.0 Å². The third-order valence-corrected chi connectivity index (χ3v) is 6.68. The maximum Gasteiger partial charge on any atom is 0.191 e. The number of nitrogens with zero attached hydrogens (tertiary/aromatic N) is 5. The van der Waals surface area contributed by atoms with Crippen LogP contribution < -0.4 is 9.47 Å². The predicted molar refractivity (Wildman–Crippen MR) is 123 cm³/mol. The molecule has 3 aromatic heterocycles. The Kier molecular flexibility index (Phi) is 5.21. The van der Waals surface area contributed by atoms with E-state index < -0.39 is 0 Å². The van der Waals surface area contributed by atoms with E-state index in [0.717, 1.165) is 43.8 Å². The molecule has 0 spiro atoms. The van der Waals surface area contributed by atoms with Gasteiger partial charge in [-0.3, -0.25) is 0 Å². The fourth-order valence-electron chi connectivity index (χ4n) is 3.42. The molecule has 0 amide bonds. The largest absolute Gasteiger partial charge is 0.493 e. The number of thioether (sulfide) groups is 1. The van der Waals surface area contributed by atoms with E-state index in [0.29, 0.717) is 17.3 Å². The van der Waals surface area contributed by atoms with E-state index in [9.17, 15) is 0 Å². The molecule has 0 aliphatic carbocycles. The van der Waals surface area contributed by atoms with Gasteiger partial charge in [0.2, 0.25) is 0 Å². The van der Waals surface area contributed by atoms with Crippen molar-refractivity contribution in [2.24, 2.45) is 0 Å². The number of hydrogen-bond acceptors (Lipinski definition) is 8. The summed E-state index contributed by atoms with van der Waals surface area (Å²) in [7, 11) is 3.27. The average molecular weight is 450 g/mol. The van der Waals surface area contributed by atoms with Crippen molar-refractivity contribution in [3.63, 3.8) is 0 Å². The highest BCUT2D eigenvalue weighted by Gasteiger charge is 2.16. The van der Waals surface area contributed by atoms with Crippen molar-refractivity contribution in [3.8, 4) is 22.1 Å². The lowest BCUT2D eigenvalue weighted by Crippen LogP contribution is -1.98. The van der Waals surface area contributed by atoms with Crippen molar-refractivity contribution in [2.75, 3.05) is 14.2 Å². The Balaban J connectivity index is 1.45. The Labute approximate surface area is 187 Å². The Morgan fingerprint density at radius 2 is 1.87 bits per heavy atom. The molecule has 0 bridgehead atoms. The summed E-state index contributed by atoms with van der Waals surface area (Å²) >= 11 is 3.18. The lowest BCUT2D eigenvalue weighted by Gasteiger charge is -2.10. The van der Waals surface area contributed by atoms with Gasteiger partial charge < -0.3 is 9.47 Å². The summed E-state index contributed by atoms with van der Waals surface area (Å²) in [5, 5.41) is 9.28. The van der Waals surface area contributed by atoms with Crippen molar-refractivity contribution in [2.45, 2.75) is 17.8 Å². The van der Waals surface area contributed by atoms with Gasteiger partial charge in [0.05, 0.1) is 31.0 Å². The molecule has 0 radical (unpaired) electrons. The standard InChI is InChI=1S/C22H19N5O2S2/c1-13-23-20-15-7-4-5-9-17(15)25-22(27(20)26-13)31-12-14-11-30-21(24-14)16-8-6-10-18(28-2)19(16)29-3/h4-11H,12H2,1-3H3. The lowest BCUT2D eigenvalue weighted by atomic mass is 10.2. The minimum absolute atomic E-state index is 0.669. The number of thiazole rings is 1. The zero-order valence-electron chi connectivity index (χ0n) is 17.2. The normalized spacial score (nSPS) is 11.3. The summed E-state index contributed by atoms with van der Waals surface area (Å²) in [6, 6.07) is 13.8. The Hall–Kier alpha value is -3.17. The van der Waals surface area contributed by atoms with Gasteiger partial charge in [-0.05, 0) is 31.2 Å². The molecule has 0 N–H and O–H groups in total. The van der Waals surface area contributed by atoms with Gasteiger partial charge in [0.15, 0.2) is 22.3 Å². The van der Waals surface area contributed by atoms with E-state index in [-0.39, 0.29) is 0 Å². The van der Waals surface area contributed by atoms with Crippen LogP contribution >= 0.6 is 23.1 Å². The van der Waals surface area contributed by atoms with Crippen LogP contribution in [0, 0.1) is 6.92 Å². The number of benzene rings is 2. The Bertz CT molecular complexity index is 1400. The first-order valence-corrected chi connectivity index (χ1v) is 11.4. The highest BCUT2D eigenvalue weighted by molar-refractivity contribution is 7.98. The van der Waals surface area contributed by atoms with Gasteiger partial charge in [-0.1, -0.05) is 30.0 Å². The smallest absolute Gasteiger partial charge is 0.191 e. The Morgan fingerprint density at radius 3 is 2.71 bits per heavy atom. The monoisotopic (exact) mass is 449 g/mol. The zero-order valence-corrected chi connectivity index (χ0v) is 18.8. The predicted octanol–water partition coefficient (Wildman–Crippen LogP) is 5.02. The summed E-state index contributed by atoms with van der Waals surface area (Å²) in [5.41, 5.74) is 3.62. The molecule has 0 saturated heterocycles. The number of aromatic nitrogens is 5. The van der Waals surface area contributed by atoms with Crippen LogP contribution in [0.5, 0.6) is 11.5 Å². The summed E-state index contributed by atoms with van der Waals surface area (Å²) < 4.78 is 12.8. The van der Waals surface area contributed by atoms with Gasteiger partial charge in [-0.2, -0.15) is 4.52 Å². The molecule has 5 aromatic rings. The van der Waals surface area contributed by atoms with E-state index >= 15 is 0 Å². The molecular weight excluding hydrogens is 430 g/mol. The van der Waals surface area contributed by atoms with E-state index in [1.807, 2.05) is 53.9 Å². The van der Waals surface area contributed by atoms with Crippen molar-refractivity contribution in [1.82, 2.24) is 24.6 Å². The topological polar surface area (TPSA) is 74.4 Å². The third kappa shape index (κ3) is 3.60. The first-order valence-electron chi connectivity index (χ1n) is 9.58. The maximum atomic E-state index is 5.56. The summed E-state index contributed by atoms with van der Waals surface area (Å²) in [4.78, 5) is 14.2. The molecular formula is C22H19N5O2S2. The highest BCUT2D eigenvalue weighted by Crippen LogP contribution is 2.39. The van der Waals surface area contributed by atoms with Gasteiger partial charge in [0.1, 0.15) is 10.8 Å². The SMILES string of the molecule is COc1cccc(-c2nc(CSc3nc4ccccc4c4nc(C)nn34)cs2)c1OC. The highest BCUT2D eigenvalue weighted by atomic mass is 32.2. The average Bonchev–Trinajstić information content (AvgIpc) is 3.43. The molecule has 9 heteroatoms. The van der Waals surface area contributed by atoms with Crippen LogP contribution in [0.1, 0.15) is 11.5 Å². The lowest BCUT2D eigenvalue weighted by molar-refractivity contribution is 0.356. The van der Waals surface area contributed by atoms with Crippen LogP contribution in [-0.2, 0) is 5.75 Å². The third-order valence-electron chi connectivity index (χ3n) is 4.79. The molecule has 0 fully saturated rings. The van der Waals surface area contributed by atoms with Gasteiger partial charge in [0, 0.05) is 16.5 Å². The number of rotatable bonds is 6. The number of ether oxygens (including phenoxy) is 2. The second-order valence-electron chi connectivity index (χ2n) is 6.78. The molecule has 156 valence electrons. The van der Waals surface area contributed by atoms with Crippen molar-refractivity contribution in [1.29, 1.82) is 0 Å². The van der Waals surface area contributed by atoms with E-state index in [4.69, 9.17) is 19.4 Å². The minimum atomic E-state index is 0.669. The van der Waals surface area contributed by atoms with Gasteiger partial charge in [0.25, 0.3) is 0 Å². The molecule has 0 aliphatic heterocycles. The van der Waals surface area contributed by atoms with E-state index in [2.05, 4.69) is 15.5 Å². The Morgan fingerprint density at radius 1 is 1.00 bits per heavy atom. The summed E-state index contributed by atoms with van der Waals surface area (Å²) in [5.74, 6) is 2.77. The molecule has 31 heavy (non-hydrogen) atoms. The summed E-state index contributed by atoms with van der Waals surface area (Å²) in [6.45, 7) is 1.89. The minimum Gasteiger partial charge on any atom is -0.493 e. The second kappa shape index (κ2) is 8.16. The first kappa shape index (κ1) is 19.8. The number of hydrogen-bond donors (Lipinski definition) is 0. The molecule has 7 nitrogen and oxygen atoms in total. The van der Waals surface area contributed by atoms with Crippen LogP contribution in [-0.4, -0.2) is 38.8 Å². The molecule has 0 aliphatic rings. The van der Waals surface area contributed by atoms with Crippen LogP contribution in [0.4, 0.5) is 0 Å². The molecule has 3 heterocycles. The molecule has 2 aromatic carbocycles. The molecule has 0 saturated carbocycles. The van der Waals surface area contributed by atoms with E-state index in [1.165, 1.54) is 0 Å². The molecule has 5 rings (SSSR count). The van der Waals surface area contributed by atoms with Crippen LogP contribution in [0.2, 0.25) is 0 Å². The van der Waals surface area contributed by atoms with Crippen molar-refractivity contribution in [3.05, 3.63) is 59.4 Å². The number of methoxy groups -OCH3 is 2. The molecule has 0 atom stereocenters. The number of aryl methyl sites for hydroxylation is 1. The number of fused-ring (bicyclic) bond motifs is 3. The van der Waals surface area contributed by atoms with Crippen LogP contribution in [0.25, 0.3) is 27.1 Å². The van der Waals surface area contributed by atoms with Crippen molar-refractivity contribution < 1.29 is 9.47 Å². The van der Waals surface area contributed by atoms with Gasteiger partial charge in [-0.15, -0.1) is 16.4 Å². The van der Waals surface area contributed by atoms with Gasteiger partial charge >= 0.3 is 0 Å². The summed E-state index contributed by atoms with van der Waals surface area (Å²) in [6.07, 6.45) is 0. The van der Waals surface area contributed by atoms with E-state index in [1.54, 1.807) is 37.3 Å². The molecule has 0 unspecified atom stereocenters.